The topological polar surface area (TPSA) is 61.5 Å². The number of fused-ring (bicyclic) bond motifs is 2. The number of rotatable bonds is 7. The molecule has 0 saturated carbocycles. The second kappa shape index (κ2) is 9.98. The summed E-state index contributed by atoms with van der Waals surface area (Å²) < 4.78 is 35.1. The Morgan fingerprint density at radius 1 is 1.15 bits per heavy atom. The molecular formula is C23H23Cl2N2O3S3+. The highest BCUT2D eigenvalue weighted by atomic mass is 35.5. The third-order valence-corrected chi connectivity index (χ3v) is 8.69. The van der Waals surface area contributed by atoms with Gasteiger partial charge in [0.2, 0.25) is 5.52 Å². The number of thiazole rings is 1. The van der Waals surface area contributed by atoms with Crippen molar-refractivity contribution in [3.8, 4) is 0 Å². The number of benzene rings is 2. The zero-order valence-electron chi connectivity index (χ0n) is 18.1. The minimum absolute atomic E-state index is 0.137. The summed E-state index contributed by atoms with van der Waals surface area (Å²) in [6.45, 7) is 5.16. The highest BCUT2D eigenvalue weighted by molar-refractivity contribution is 8.03. The van der Waals surface area contributed by atoms with Crippen LogP contribution in [0.15, 0.2) is 58.0 Å². The molecule has 0 spiro atoms. The summed E-state index contributed by atoms with van der Waals surface area (Å²) >= 11 is 15.7. The van der Waals surface area contributed by atoms with Crippen molar-refractivity contribution >= 4 is 78.4 Å². The van der Waals surface area contributed by atoms with Gasteiger partial charge in [-0.15, -0.1) is 0 Å². The minimum atomic E-state index is -4.10. The standard InChI is InChI=1S/C23H22Cl2N2O3S3/c1-3-15(11-22-26(4-2)18-13-16(24)5-7-20(18)31-22)12-23-27(9-10-33(28,29)30)19-14-17(25)6-8-21(19)32-23/h5-8,11-14H,3-4,9-10H2,1-2H3/p+1. The first-order chi connectivity index (χ1) is 15.7. The minimum Gasteiger partial charge on any atom is -0.335 e. The van der Waals surface area contributed by atoms with Gasteiger partial charge in [-0.3, -0.25) is 4.55 Å². The van der Waals surface area contributed by atoms with Gasteiger partial charge in [-0.1, -0.05) is 53.2 Å². The molecule has 0 atom stereocenters. The van der Waals surface area contributed by atoms with Crippen molar-refractivity contribution in [2.75, 3.05) is 17.2 Å². The van der Waals surface area contributed by atoms with Gasteiger partial charge in [0.15, 0.2) is 6.54 Å². The Balaban J connectivity index is 1.76. The molecule has 0 fully saturated rings. The van der Waals surface area contributed by atoms with Crippen molar-refractivity contribution in [3.63, 3.8) is 0 Å². The van der Waals surface area contributed by atoms with Crippen molar-refractivity contribution in [2.24, 2.45) is 0 Å². The predicted octanol–water partition coefficient (Wildman–Crippen LogP) is 6.65. The van der Waals surface area contributed by atoms with E-state index in [0.29, 0.717) is 10.0 Å². The largest absolute Gasteiger partial charge is 0.335 e. The Kier molecular flexibility index (Phi) is 7.43. The van der Waals surface area contributed by atoms with Crippen LogP contribution in [0.2, 0.25) is 10.0 Å². The summed E-state index contributed by atoms with van der Waals surface area (Å²) in [6, 6.07) is 11.5. The van der Waals surface area contributed by atoms with Crippen molar-refractivity contribution in [2.45, 2.75) is 31.7 Å². The second-order valence-electron chi connectivity index (χ2n) is 7.50. The third-order valence-electron chi connectivity index (χ3n) is 5.30. The Morgan fingerprint density at radius 3 is 2.58 bits per heavy atom. The van der Waals surface area contributed by atoms with E-state index in [1.165, 1.54) is 4.90 Å². The highest BCUT2D eigenvalue weighted by Crippen LogP contribution is 2.47. The Labute approximate surface area is 212 Å². The van der Waals surface area contributed by atoms with Crippen LogP contribution >= 0.6 is 46.3 Å². The number of thioether (sulfide) groups is 1. The molecular weight excluding hydrogens is 519 g/mol. The number of allylic oxidation sites excluding steroid dienone is 2. The summed E-state index contributed by atoms with van der Waals surface area (Å²) in [6.07, 6.45) is 5.05. The van der Waals surface area contributed by atoms with Gasteiger partial charge >= 0.3 is 0 Å². The Bertz CT molecular complexity index is 1380. The van der Waals surface area contributed by atoms with Gasteiger partial charge in [0.25, 0.3) is 15.1 Å². The molecule has 3 aromatic rings. The van der Waals surface area contributed by atoms with E-state index < -0.39 is 10.1 Å². The lowest BCUT2D eigenvalue weighted by atomic mass is 10.2. The fraction of sp³-hybridized carbons (Fsp3) is 0.261. The van der Waals surface area contributed by atoms with Gasteiger partial charge in [-0.25, -0.2) is 0 Å². The predicted molar refractivity (Wildman–Crippen MR) is 140 cm³/mol. The van der Waals surface area contributed by atoms with Crippen molar-refractivity contribution in [1.82, 2.24) is 0 Å². The smallest absolute Gasteiger partial charge is 0.271 e. The normalized spacial score (nSPS) is 15.6. The van der Waals surface area contributed by atoms with Crippen molar-refractivity contribution < 1.29 is 17.5 Å². The number of nitrogens with zero attached hydrogens (tertiary/aromatic N) is 2. The molecule has 2 heterocycles. The number of hydrogen-bond donors (Lipinski definition) is 1. The van der Waals surface area contributed by atoms with Gasteiger partial charge < -0.3 is 4.90 Å². The maximum absolute atomic E-state index is 11.4. The van der Waals surface area contributed by atoms with Crippen LogP contribution < -0.4 is 9.47 Å². The van der Waals surface area contributed by atoms with Gasteiger partial charge in [0.1, 0.15) is 10.5 Å². The first-order valence-electron chi connectivity index (χ1n) is 10.4. The van der Waals surface area contributed by atoms with Crippen molar-refractivity contribution in [3.05, 3.63) is 68.1 Å². The molecule has 174 valence electrons. The number of hydrogen-bond acceptors (Lipinski definition) is 5. The summed E-state index contributed by atoms with van der Waals surface area (Å²) in [5, 5.41) is 3.31. The summed E-state index contributed by atoms with van der Waals surface area (Å²) in [5.41, 5.74) is 3.06. The lowest BCUT2D eigenvalue weighted by Crippen LogP contribution is -2.38. The van der Waals surface area contributed by atoms with Crippen LogP contribution in [0.25, 0.3) is 16.3 Å². The van der Waals surface area contributed by atoms with Gasteiger partial charge in [0.05, 0.1) is 10.7 Å². The zero-order valence-corrected chi connectivity index (χ0v) is 22.0. The average molecular weight is 543 g/mol. The van der Waals surface area contributed by atoms with E-state index in [1.807, 2.05) is 41.0 Å². The maximum atomic E-state index is 11.4. The van der Waals surface area contributed by atoms with Crippen LogP contribution in [0.4, 0.5) is 5.69 Å². The van der Waals surface area contributed by atoms with Crippen LogP contribution in [-0.4, -0.2) is 25.3 Å². The quantitative estimate of drug-likeness (QED) is 0.268. The molecule has 10 heteroatoms. The first-order valence-corrected chi connectivity index (χ1v) is 14.4. The summed E-state index contributed by atoms with van der Waals surface area (Å²) in [5.74, 6) is -0.366. The number of halogens is 2. The molecule has 0 unspecified atom stereocenters. The van der Waals surface area contributed by atoms with E-state index >= 15 is 0 Å². The summed E-state index contributed by atoms with van der Waals surface area (Å²) in [4.78, 5) is 3.41. The molecule has 1 aliphatic rings. The van der Waals surface area contributed by atoms with E-state index in [1.54, 1.807) is 23.1 Å². The van der Waals surface area contributed by atoms with Crippen LogP contribution in [0.3, 0.4) is 0 Å². The Morgan fingerprint density at radius 2 is 1.88 bits per heavy atom. The first kappa shape index (κ1) is 24.6. The molecule has 1 N–H and O–H groups in total. The molecule has 0 bridgehead atoms. The number of aromatic nitrogens is 1. The lowest BCUT2D eigenvalue weighted by Gasteiger charge is -2.18. The van der Waals surface area contributed by atoms with E-state index in [9.17, 15) is 13.0 Å². The third kappa shape index (κ3) is 5.58. The molecule has 4 rings (SSSR count). The van der Waals surface area contributed by atoms with Gasteiger partial charge in [-0.05, 0) is 55.3 Å². The van der Waals surface area contributed by atoms with Crippen LogP contribution in [-0.2, 0) is 16.7 Å². The Hall–Kier alpha value is -1.55. The molecule has 0 amide bonds. The van der Waals surface area contributed by atoms with Crippen molar-refractivity contribution in [1.29, 1.82) is 0 Å². The fourth-order valence-corrected chi connectivity index (χ4v) is 6.76. The van der Waals surface area contributed by atoms with Gasteiger partial charge in [0, 0.05) is 33.6 Å². The molecule has 1 aromatic heterocycles. The van der Waals surface area contributed by atoms with E-state index in [2.05, 4.69) is 30.9 Å². The molecule has 0 saturated heterocycles. The fourth-order valence-electron chi connectivity index (χ4n) is 3.69. The molecule has 2 aromatic carbocycles. The maximum Gasteiger partial charge on any atom is 0.271 e. The SMILES string of the molecule is CCC(=Cc1sc2ccc(Cl)cc2[n+]1CCS(=O)(=O)O)C=C1Sc2ccc(Cl)cc2N1CC. The second-order valence-corrected chi connectivity index (χ2v) is 12.1. The molecule has 1 aliphatic heterocycles. The number of aryl methyl sites for hydroxylation is 1. The highest BCUT2D eigenvalue weighted by Gasteiger charge is 2.25. The number of anilines is 1. The van der Waals surface area contributed by atoms with E-state index in [-0.39, 0.29) is 12.3 Å². The zero-order chi connectivity index (χ0) is 23.8. The molecule has 0 radical (unpaired) electrons. The lowest BCUT2D eigenvalue weighted by molar-refractivity contribution is -0.664. The van der Waals surface area contributed by atoms with Gasteiger partial charge in [-0.2, -0.15) is 13.0 Å². The van der Waals surface area contributed by atoms with E-state index in [4.69, 9.17) is 23.2 Å². The van der Waals surface area contributed by atoms with Crippen LogP contribution in [0.5, 0.6) is 0 Å². The van der Waals surface area contributed by atoms with E-state index in [0.717, 1.165) is 44.5 Å². The molecule has 5 nitrogen and oxygen atoms in total. The van der Waals surface area contributed by atoms with Crippen LogP contribution in [0.1, 0.15) is 25.3 Å². The monoisotopic (exact) mass is 541 g/mol. The van der Waals surface area contributed by atoms with Crippen LogP contribution in [0, 0.1) is 0 Å². The molecule has 33 heavy (non-hydrogen) atoms. The molecule has 0 aliphatic carbocycles. The summed E-state index contributed by atoms with van der Waals surface area (Å²) in [7, 11) is -4.10. The average Bonchev–Trinajstić information content (AvgIpc) is 3.27.